The van der Waals surface area contributed by atoms with Crippen molar-refractivity contribution in [2.75, 3.05) is 0 Å². The predicted molar refractivity (Wildman–Crippen MR) is 95.0 cm³/mol. The van der Waals surface area contributed by atoms with E-state index in [1.165, 1.54) is 0 Å². The Labute approximate surface area is 153 Å². The van der Waals surface area contributed by atoms with Crippen molar-refractivity contribution >= 4 is 21.9 Å². The molecule has 1 aromatic rings. The summed E-state index contributed by atoms with van der Waals surface area (Å²) in [4.78, 5) is 23.5. The molecule has 2 aliphatic rings. The molecule has 142 valence electrons. The molecule has 0 saturated heterocycles. The second-order valence-electron chi connectivity index (χ2n) is 7.09. The van der Waals surface area contributed by atoms with Gasteiger partial charge in [-0.25, -0.2) is 13.1 Å². The second-order valence-corrected chi connectivity index (χ2v) is 8.80. The van der Waals surface area contributed by atoms with Crippen LogP contribution < -0.4 is 10.0 Å². The average Bonchev–Trinajstić information content (AvgIpc) is 3.27. The van der Waals surface area contributed by atoms with Crippen LogP contribution in [0.1, 0.15) is 44.1 Å². The summed E-state index contributed by atoms with van der Waals surface area (Å²) in [6.07, 6.45) is 4.61. The first kappa shape index (κ1) is 18.8. The number of carbonyl (C=O) groups is 2. The molecule has 7 nitrogen and oxygen atoms in total. The molecular formula is C18H24N2O5S. The van der Waals surface area contributed by atoms with E-state index in [1.54, 1.807) is 24.3 Å². The minimum Gasteiger partial charge on any atom is -0.481 e. The predicted octanol–water partition coefficient (Wildman–Crippen LogP) is 1.43. The zero-order valence-electron chi connectivity index (χ0n) is 14.5. The first-order chi connectivity index (χ1) is 12.3. The molecule has 26 heavy (non-hydrogen) atoms. The maximum atomic E-state index is 12.1. The van der Waals surface area contributed by atoms with Gasteiger partial charge in [-0.05, 0) is 49.8 Å². The number of carboxylic acid groups (broad SMARTS) is 1. The molecule has 1 amide bonds. The summed E-state index contributed by atoms with van der Waals surface area (Å²) in [5.74, 6) is -1.53. The van der Waals surface area contributed by atoms with Gasteiger partial charge in [0.25, 0.3) is 0 Å². The Morgan fingerprint density at radius 2 is 1.77 bits per heavy atom. The van der Waals surface area contributed by atoms with E-state index < -0.39 is 21.9 Å². The van der Waals surface area contributed by atoms with Gasteiger partial charge < -0.3 is 10.4 Å². The molecule has 2 fully saturated rings. The third kappa shape index (κ3) is 4.82. The van der Waals surface area contributed by atoms with Crippen molar-refractivity contribution in [3.8, 4) is 0 Å². The quantitative estimate of drug-likeness (QED) is 0.631. The monoisotopic (exact) mass is 380 g/mol. The van der Waals surface area contributed by atoms with Gasteiger partial charge in [0.05, 0.1) is 10.8 Å². The first-order valence-electron chi connectivity index (χ1n) is 8.98. The number of aryl methyl sites for hydroxylation is 1. The van der Waals surface area contributed by atoms with Gasteiger partial charge in [-0.3, -0.25) is 9.59 Å². The lowest BCUT2D eigenvalue weighted by molar-refractivity contribution is -0.142. The van der Waals surface area contributed by atoms with E-state index in [1.807, 2.05) is 0 Å². The number of rotatable bonds is 8. The fourth-order valence-corrected chi connectivity index (χ4v) is 4.59. The lowest BCUT2D eigenvalue weighted by Crippen LogP contribution is -2.40. The van der Waals surface area contributed by atoms with Crippen LogP contribution in [0.4, 0.5) is 0 Å². The number of sulfonamides is 1. The molecule has 2 aliphatic carbocycles. The SMILES string of the molecule is O=C(CCc1ccc(S(=O)(=O)NC2CC2)cc1)N[C@H]1CCC[C@H]1C(=O)O. The van der Waals surface area contributed by atoms with Crippen LogP contribution in [0.2, 0.25) is 0 Å². The van der Waals surface area contributed by atoms with E-state index in [9.17, 15) is 18.0 Å². The number of hydrogen-bond acceptors (Lipinski definition) is 4. The Hall–Kier alpha value is -1.93. The average molecular weight is 380 g/mol. The van der Waals surface area contributed by atoms with E-state index in [0.717, 1.165) is 24.8 Å². The van der Waals surface area contributed by atoms with Gasteiger partial charge in [-0.15, -0.1) is 0 Å². The lowest BCUT2D eigenvalue weighted by atomic mass is 10.0. The van der Waals surface area contributed by atoms with Crippen molar-refractivity contribution in [1.82, 2.24) is 10.0 Å². The molecule has 0 unspecified atom stereocenters. The molecule has 8 heteroatoms. The third-order valence-corrected chi connectivity index (χ3v) is 6.49. The molecule has 0 spiro atoms. The standard InChI is InChI=1S/C18H24N2O5S/c21-17(19-16-3-1-2-15(16)18(22)23)11-6-12-4-9-14(10-5-12)26(24,25)20-13-7-8-13/h4-5,9-10,13,15-16,20H,1-3,6-8,11H2,(H,19,21)(H,22,23)/t15-,16+/m1/s1. The minimum absolute atomic E-state index is 0.0635. The van der Waals surface area contributed by atoms with E-state index in [0.29, 0.717) is 19.3 Å². The number of aliphatic carboxylic acids is 1. The van der Waals surface area contributed by atoms with E-state index in [-0.39, 0.29) is 29.3 Å². The Balaban J connectivity index is 1.50. The van der Waals surface area contributed by atoms with Crippen LogP contribution in [-0.4, -0.2) is 37.5 Å². The molecule has 3 rings (SSSR count). The van der Waals surface area contributed by atoms with Gasteiger partial charge >= 0.3 is 5.97 Å². The Bertz CT molecular complexity index is 771. The summed E-state index contributed by atoms with van der Waals surface area (Å²) >= 11 is 0. The van der Waals surface area contributed by atoms with E-state index in [2.05, 4.69) is 10.0 Å². The van der Waals surface area contributed by atoms with Gasteiger partial charge in [0.1, 0.15) is 0 Å². The fourth-order valence-electron chi connectivity index (χ4n) is 3.29. The summed E-state index contributed by atoms with van der Waals surface area (Å²) in [6.45, 7) is 0. The minimum atomic E-state index is -3.46. The maximum absolute atomic E-state index is 12.1. The molecular weight excluding hydrogens is 356 g/mol. The number of benzene rings is 1. The molecule has 1 aromatic carbocycles. The molecule has 0 aromatic heterocycles. The van der Waals surface area contributed by atoms with Gasteiger partial charge in [-0.2, -0.15) is 0 Å². The van der Waals surface area contributed by atoms with Gasteiger partial charge in [0.15, 0.2) is 0 Å². The highest BCUT2D eigenvalue weighted by Crippen LogP contribution is 2.26. The number of nitrogens with one attached hydrogen (secondary N) is 2. The van der Waals surface area contributed by atoms with Crippen molar-refractivity contribution in [3.63, 3.8) is 0 Å². The number of hydrogen-bond donors (Lipinski definition) is 3. The first-order valence-corrected chi connectivity index (χ1v) is 10.5. The number of carboxylic acids is 1. The molecule has 3 N–H and O–H groups in total. The Kier molecular flexibility index (Phi) is 5.62. The molecule has 0 radical (unpaired) electrons. The highest BCUT2D eigenvalue weighted by atomic mass is 32.2. The van der Waals surface area contributed by atoms with Crippen LogP contribution in [0, 0.1) is 5.92 Å². The summed E-state index contributed by atoms with van der Waals surface area (Å²) in [5, 5.41) is 12.0. The number of amides is 1. The normalized spacial score (nSPS) is 22.9. The van der Waals surface area contributed by atoms with Crippen LogP contribution in [0.3, 0.4) is 0 Å². The third-order valence-electron chi connectivity index (χ3n) is 4.95. The topological polar surface area (TPSA) is 113 Å². The van der Waals surface area contributed by atoms with E-state index in [4.69, 9.17) is 5.11 Å². The molecule has 0 aliphatic heterocycles. The van der Waals surface area contributed by atoms with Gasteiger partial charge in [0, 0.05) is 18.5 Å². The van der Waals surface area contributed by atoms with Crippen molar-refractivity contribution < 1.29 is 23.1 Å². The summed E-state index contributed by atoms with van der Waals surface area (Å²) < 4.78 is 26.9. The largest absolute Gasteiger partial charge is 0.481 e. The lowest BCUT2D eigenvalue weighted by Gasteiger charge is -2.17. The zero-order valence-corrected chi connectivity index (χ0v) is 15.3. The molecule has 0 heterocycles. The summed E-state index contributed by atoms with van der Waals surface area (Å²) in [7, 11) is -3.46. The number of carbonyl (C=O) groups excluding carboxylic acids is 1. The van der Waals surface area contributed by atoms with Crippen LogP contribution in [0.15, 0.2) is 29.2 Å². The van der Waals surface area contributed by atoms with Crippen LogP contribution >= 0.6 is 0 Å². The van der Waals surface area contributed by atoms with Crippen LogP contribution in [0.5, 0.6) is 0 Å². The molecule has 2 saturated carbocycles. The Morgan fingerprint density at radius 3 is 2.38 bits per heavy atom. The smallest absolute Gasteiger partial charge is 0.308 e. The highest BCUT2D eigenvalue weighted by Gasteiger charge is 2.33. The van der Waals surface area contributed by atoms with Crippen LogP contribution in [-0.2, 0) is 26.0 Å². The van der Waals surface area contributed by atoms with E-state index >= 15 is 0 Å². The van der Waals surface area contributed by atoms with Crippen molar-refractivity contribution in [3.05, 3.63) is 29.8 Å². The molecule has 2 atom stereocenters. The molecule has 0 bridgehead atoms. The van der Waals surface area contributed by atoms with Crippen LogP contribution in [0.25, 0.3) is 0 Å². The van der Waals surface area contributed by atoms with Crippen molar-refractivity contribution in [1.29, 1.82) is 0 Å². The highest BCUT2D eigenvalue weighted by molar-refractivity contribution is 7.89. The van der Waals surface area contributed by atoms with Gasteiger partial charge in [-0.1, -0.05) is 18.6 Å². The zero-order chi connectivity index (χ0) is 18.7. The summed E-state index contributed by atoms with van der Waals surface area (Å²) in [6, 6.07) is 6.30. The summed E-state index contributed by atoms with van der Waals surface area (Å²) in [5.41, 5.74) is 0.867. The maximum Gasteiger partial charge on any atom is 0.308 e. The van der Waals surface area contributed by atoms with Crippen molar-refractivity contribution in [2.45, 2.75) is 61.9 Å². The Morgan fingerprint density at radius 1 is 1.08 bits per heavy atom. The van der Waals surface area contributed by atoms with Gasteiger partial charge in [0.2, 0.25) is 15.9 Å². The fraction of sp³-hybridized carbons (Fsp3) is 0.556. The van der Waals surface area contributed by atoms with Crippen molar-refractivity contribution in [2.24, 2.45) is 5.92 Å². The second kappa shape index (κ2) is 7.75.